The van der Waals surface area contributed by atoms with Gasteiger partial charge in [-0.15, -0.1) is 11.3 Å². The van der Waals surface area contributed by atoms with E-state index in [1.54, 1.807) is 6.07 Å². The predicted octanol–water partition coefficient (Wildman–Crippen LogP) is 4.19. The van der Waals surface area contributed by atoms with Gasteiger partial charge in [-0.3, -0.25) is 0 Å². The highest BCUT2D eigenvalue weighted by Crippen LogP contribution is 2.31. The number of ether oxygens (including phenoxy) is 1. The first-order valence-corrected chi connectivity index (χ1v) is 7.16. The van der Waals surface area contributed by atoms with Crippen molar-refractivity contribution in [3.63, 3.8) is 0 Å². The van der Waals surface area contributed by atoms with Crippen LogP contribution in [-0.4, -0.2) is 16.5 Å². The van der Waals surface area contributed by atoms with Crippen LogP contribution in [-0.2, 0) is 0 Å². The molecule has 0 bridgehead atoms. The van der Waals surface area contributed by atoms with E-state index < -0.39 is 11.6 Å². The van der Waals surface area contributed by atoms with Crippen molar-refractivity contribution in [2.75, 3.05) is 11.9 Å². The molecule has 0 amide bonds. The molecule has 0 radical (unpaired) electrons. The van der Waals surface area contributed by atoms with Crippen molar-refractivity contribution in [1.29, 1.82) is 0 Å². The SMILES string of the molecule is CCNc1nc(Oc2cc(F)cc(F)c2)c2ccsc2n1. The average Bonchev–Trinajstić information content (AvgIpc) is 2.86. The maximum atomic E-state index is 13.2. The first-order valence-electron chi connectivity index (χ1n) is 6.29. The number of anilines is 1. The first kappa shape index (κ1) is 13.7. The van der Waals surface area contributed by atoms with Crippen LogP contribution in [0, 0.1) is 11.6 Å². The molecular weight excluding hydrogens is 296 g/mol. The van der Waals surface area contributed by atoms with Gasteiger partial charge in [0.2, 0.25) is 11.8 Å². The van der Waals surface area contributed by atoms with E-state index in [-0.39, 0.29) is 11.6 Å². The van der Waals surface area contributed by atoms with Crippen LogP contribution in [0.3, 0.4) is 0 Å². The molecule has 4 nitrogen and oxygen atoms in total. The number of halogens is 2. The van der Waals surface area contributed by atoms with E-state index in [9.17, 15) is 8.78 Å². The molecular formula is C14H11F2N3OS. The second-order valence-electron chi connectivity index (χ2n) is 4.23. The summed E-state index contributed by atoms with van der Waals surface area (Å²) in [6.07, 6.45) is 0. The van der Waals surface area contributed by atoms with Crippen LogP contribution in [0.1, 0.15) is 6.92 Å². The Morgan fingerprint density at radius 3 is 2.67 bits per heavy atom. The lowest BCUT2D eigenvalue weighted by Gasteiger charge is -2.08. The van der Waals surface area contributed by atoms with E-state index in [4.69, 9.17) is 4.74 Å². The molecule has 0 unspecified atom stereocenters. The largest absolute Gasteiger partial charge is 0.438 e. The molecule has 2 aromatic heterocycles. The molecule has 0 aliphatic heterocycles. The van der Waals surface area contributed by atoms with E-state index in [0.29, 0.717) is 17.9 Å². The highest BCUT2D eigenvalue weighted by molar-refractivity contribution is 7.16. The zero-order chi connectivity index (χ0) is 14.8. The number of fused-ring (bicyclic) bond motifs is 1. The molecule has 1 aromatic carbocycles. The number of hydrogen-bond donors (Lipinski definition) is 1. The molecule has 0 atom stereocenters. The molecule has 0 fully saturated rings. The maximum Gasteiger partial charge on any atom is 0.232 e. The van der Waals surface area contributed by atoms with Gasteiger partial charge in [0.05, 0.1) is 5.39 Å². The molecule has 0 aliphatic carbocycles. The van der Waals surface area contributed by atoms with Crippen molar-refractivity contribution >= 4 is 27.5 Å². The van der Waals surface area contributed by atoms with Crippen LogP contribution in [0.4, 0.5) is 14.7 Å². The molecule has 0 aliphatic rings. The number of nitrogens with one attached hydrogen (secondary N) is 1. The number of aromatic nitrogens is 2. The normalized spacial score (nSPS) is 10.8. The molecule has 0 spiro atoms. The van der Waals surface area contributed by atoms with Crippen molar-refractivity contribution in [1.82, 2.24) is 9.97 Å². The summed E-state index contributed by atoms with van der Waals surface area (Å²) < 4.78 is 32.0. The van der Waals surface area contributed by atoms with E-state index >= 15 is 0 Å². The van der Waals surface area contributed by atoms with Gasteiger partial charge in [0, 0.05) is 24.7 Å². The Morgan fingerprint density at radius 1 is 1.19 bits per heavy atom. The standard InChI is InChI=1S/C14H11F2N3OS/c1-2-17-14-18-12(11-3-4-21-13(11)19-14)20-10-6-8(15)5-9(16)7-10/h3-7H,2H2,1H3,(H,17,18,19). The summed E-state index contributed by atoms with van der Waals surface area (Å²) in [4.78, 5) is 9.31. The highest BCUT2D eigenvalue weighted by Gasteiger charge is 2.12. The van der Waals surface area contributed by atoms with Crippen LogP contribution >= 0.6 is 11.3 Å². The molecule has 3 rings (SSSR count). The fourth-order valence-corrected chi connectivity index (χ4v) is 2.60. The van der Waals surface area contributed by atoms with E-state index in [1.807, 2.05) is 12.3 Å². The third-order valence-electron chi connectivity index (χ3n) is 2.68. The third kappa shape index (κ3) is 2.92. The van der Waals surface area contributed by atoms with Gasteiger partial charge in [0.15, 0.2) is 0 Å². The van der Waals surface area contributed by atoms with Crippen LogP contribution < -0.4 is 10.1 Å². The zero-order valence-electron chi connectivity index (χ0n) is 11.1. The summed E-state index contributed by atoms with van der Waals surface area (Å²) in [5, 5.41) is 5.55. The van der Waals surface area contributed by atoms with Gasteiger partial charge in [-0.05, 0) is 18.4 Å². The van der Waals surface area contributed by atoms with Gasteiger partial charge < -0.3 is 10.1 Å². The second-order valence-corrected chi connectivity index (χ2v) is 5.12. The average molecular weight is 307 g/mol. The Morgan fingerprint density at radius 2 is 1.95 bits per heavy atom. The first-order chi connectivity index (χ1) is 10.2. The van der Waals surface area contributed by atoms with Crippen molar-refractivity contribution in [2.45, 2.75) is 6.92 Å². The molecule has 0 saturated heterocycles. The van der Waals surface area contributed by atoms with Crippen LogP contribution in [0.5, 0.6) is 11.6 Å². The maximum absolute atomic E-state index is 13.2. The van der Waals surface area contributed by atoms with Gasteiger partial charge >= 0.3 is 0 Å². The summed E-state index contributed by atoms with van der Waals surface area (Å²) in [6, 6.07) is 4.81. The Hall–Kier alpha value is -2.28. The highest BCUT2D eigenvalue weighted by atomic mass is 32.1. The van der Waals surface area contributed by atoms with Crippen molar-refractivity contribution in [2.24, 2.45) is 0 Å². The molecule has 1 N–H and O–H groups in total. The number of rotatable bonds is 4. The summed E-state index contributed by atoms with van der Waals surface area (Å²) in [7, 11) is 0. The minimum Gasteiger partial charge on any atom is -0.438 e. The van der Waals surface area contributed by atoms with Gasteiger partial charge in [0.1, 0.15) is 22.2 Å². The Labute approximate surface area is 123 Å². The Balaban J connectivity index is 2.04. The topological polar surface area (TPSA) is 47.0 Å². The van der Waals surface area contributed by atoms with Crippen LogP contribution in [0.2, 0.25) is 0 Å². The number of thiophene rings is 1. The van der Waals surface area contributed by atoms with Gasteiger partial charge in [0.25, 0.3) is 0 Å². The summed E-state index contributed by atoms with van der Waals surface area (Å²) in [5.74, 6) is -0.664. The number of hydrogen-bond acceptors (Lipinski definition) is 5. The third-order valence-corrected chi connectivity index (χ3v) is 3.48. The summed E-state index contributed by atoms with van der Waals surface area (Å²) in [5.41, 5.74) is 0. The predicted molar refractivity (Wildman–Crippen MR) is 78.0 cm³/mol. The minimum atomic E-state index is -0.701. The van der Waals surface area contributed by atoms with Crippen molar-refractivity contribution in [3.8, 4) is 11.6 Å². The Kier molecular flexibility index (Phi) is 3.66. The van der Waals surface area contributed by atoms with E-state index in [0.717, 1.165) is 23.0 Å². The lowest BCUT2D eigenvalue weighted by Crippen LogP contribution is -2.03. The van der Waals surface area contributed by atoms with Gasteiger partial charge in [-0.25, -0.2) is 13.8 Å². The lowest BCUT2D eigenvalue weighted by atomic mass is 10.3. The van der Waals surface area contributed by atoms with E-state index in [1.165, 1.54) is 11.3 Å². The molecule has 0 saturated carbocycles. The van der Waals surface area contributed by atoms with Gasteiger partial charge in [-0.1, -0.05) is 0 Å². The summed E-state index contributed by atoms with van der Waals surface area (Å²) in [6.45, 7) is 2.58. The fourth-order valence-electron chi connectivity index (χ4n) is 1.84. The smallest absolute Gasteiger partial charge is 0.232 e. The second kappa shape index (κ2) is 5.61. The van der Waals surface area contributed by atoms with Crippen molar-refractivity contribution in [3.05, 3.63) is 41.3 Å². The molecule has 7 heteroatoms. The lowest BCUT2D eigenvalue weighted by molar-refractivity contribution is 0.457. The van der Waals surface area contributed by atoms with Crippen LogP contribution in [0.15, 0.2) is 29.6 Å². The number of nitrogens with zero attached hydrogens (tertiary/aromatic N) is 2. The Bertz CT molecular complexity index is 771. The molecule has 108 valence electrons. The fraction of sp³-hybridized carbons (Fsp3) is 0.143. The monoisotopic (exact) mass is 307 g/mol. The zero-order valence-corrected chi connectivity index (χ0v) is 11.9. The molecule has 3 aromatic rings. The van der Waals surface area contributed by atoms with E-state index in [2.05, 4.69) is 15.3 Å². The van der Waals surface area contributed by atoms with Crippen molar-refractivity contribution < 1.29 is 13.5 Å². The summed E-state index contributed by atoms with van der Waals surface area (Å²) >= 11 is 1.44. The molecule has 2 heterocycles. The minimum absolute atomic E-state index is 0.0566. The number of benzene rings is 1. The quantitative estimate of drug-likeness (QED) is 0.785. The van der Waals surface area contributed by atoms with Gasteiger partial charge in [-0.2, -0.15) is 4.98 Å². The van der Waals surface area contributed by atoms with Crippen LogP contribution in [0.25, 0.3) is 10.2 Å². The molecule has 21 heavy (non-hydrogen) atoms.